The van der Waals surface area contributed by atoms with Gasteiger partial charge in [-0.25, -0.2) is 14.6 Å². The number of piperidine rings is 1. The highest BCUT2D eigenvalue weighted by Gasteiger charge is 2.23. The van der Waals surface area contributed by atoms with Gasteiger partial charge in [0, 0.05) is 25.6 Å². The van der Waals surface area contributed by atoms with Gasteiger partial charge in [0.05, 0.1) is 18.8 Å². The number of nitrogens with one attached hydrogen (secondary N) is 2. The summed E-state index contributed by atoms with van der Waals surface area (Å²) in [5.41, 5.74) is 0.996. The van der Waals surface area contributed by atoms with Gasteiger partial charge in [-0.15, -0.1) is 24.0 Å². The summed E-state index contributed by atoms with van der Waals surface area (Å²) in [5.74, 6) is 5.26. The average Bonchev–Trinajstić information content (AvgIpc) is 3.27. The zero-order valence-electron chi connectivity index (χ0n) is 19.7. The van der Waals surface area contributed by atoms with Gasteiger partial charge in [-0.05, 0) is 66.0 Å². The first-order valence-corrected chi connectivity index (χ1v) is 11.6. The number of hydrogen-bond donors (Lipinski definition) is 2. The Bertz CT molecular complexity index is 880. The molecular formula is C22H37IN8O. The maximum absolute atomic E-state index is 5.74. The van der Waals surface area contributed by atoms with E-state index in [0.29, 0.717) is 12.0 Å². The van der Waals surface area contributed by atoms with Crippen LogP contribution in [-0.4, -0.2) is 62.8 Å². The molecule has 2 aromatic heterocycles. The fourth-order valence-corrected chi connectivity index (χ4v) is 4.41. The number of guanidine groups is 1. The van der Waals surface area contributed by atoms with Gasteiger partial charge in [0.1, 0.15) is 17.4 Å². The summed E-state index contributed by atoms with van der Waals surface area (Å²) < 4.78 is 7.78. The summed E-state index contributed by atoms with van der Waals surface area (Å²) in [5, 5.41) is 11.5. The number of hydrogen-bond acceptors (Lipinski definition) is 6. The van der Waals surface area contributed by atoms with E-state index in [0.717, 1.165) is 99.9 Å². The van der Waals surface area contributed by atoms with Crippen molar-refractivity contribution < 1.29 is 4.42 Å². The first-order chi connectivity index (χ1) is 15.0. The Balaban J connectivity index is 0.00000289. The predicted molar refractivity (Wildman–Crippen MR) is 135 cm³/mol. The van der Waals surface area contributed by atoms with Crippen molar-refractivity contribution in [3.8, 4) is 0 Å². The number of nitrogens with zero attached hydrogens (tertiary/aromatic N) is 6. The SMILES string of the molecule is CCNC(=NCC1CCN(Cc2nc(C)c(C)o2)CC1)NC1CCc2nc(C)nn2C1.I. The van der Waals surface area contributed by atoms with Crippen molar-refractivity contribution in [2.75, 3.05) is 26.2 Å². The molecule has 0 radical (unpaired) electrons. The van der Waals surface area contributed by atoms with E-state index in [9.17, 15) is 0 Å². The monoisotopic (exact) mass is 556 g/mol. The largest absolute Gasteiger partial charge is 0.444 e. The highest BCUT2D eigenvalue weighted by atomic mass is 127. The number of aliphatic imine (C=N–C) groups is 1. The molecule has 2 aliphatic heterocycles. The molecule has 0 aliphatic carbocycles. The molecule has 9 nitrogen and oxygen atoms in total. The Morgan fingerprint density at radius 2 is 1.94 bits per heavy atom. The van der Waals surface area contributed by atoms with E-state index in [-0.39, 0.29) is 24.0 Å². The van der Waals surface area contributed by atoms with Crippen LogP contribution in [0.4, 0.5) is 0 Å². The average molecular weight is 556 g/mol. The Kier molecular flexibility index (Phi) is 8.92. The van der Waals surface area contributed by atoms with Gasteiger partial charge >= 0.3 is 0 Å². The zero-order chi connectivity index (χ0) is 21.8. The van der Waals surface area contributed by atoms with E-state index in [2.05, 4.69) is 37.5 Å². The van der Waals surface area contributed by atoms with Crippen LogP contribution in [0.5, 0.6) is 0 Å². The standard InChI is InChI=1S/C22H36N8O.HI/c1-5-23-22(27-19-6-7-20-26-17(4)28-30(20)13-19)24-12-18-8-10-29(11-9-18)14-21-25-15(2)16(3)31-21;/h18-19H,5-14H2,1-4H3,(H2,23,24,27);1H. The van der Waals surface area contributed by atoms with Crippen molar-refractivity contribution in [3.63, 3.8) is 0 Å². The highest BCUT2D eigenvalue weighted by Crippen LogP contribution is 2.20. The third-order valence-corrected chi connectivity index (χ3v) is 6.30. The molecule has 2 aliphatic rings. The predicted octanol–water partition coefficient (Wildman–Crippen LogP) is 2.59. The lowest BCUT2D eigenvalue weighted by molar-refractivity contribution is 0.166. The Hall–Kier alpha value is -1.69. The van der Waals surface area contributed by atoms with Crippen LogP contribution in [0.2, 0.25) is 0 Å². The van der Waals surface area contributed by atoms with E-state index in [4.69, 9.17) is 9.41 Å². The molecular weight excluding hydrogens is 519 g/mol. The minimum atomic E-state index is 0. The molecule has 1 fully saturated rings. The summed E-state index contributed by atoms with van der Waals surface area (Å²) in [7, 11) is 0. The lowest BCUT2D eigenvalue weighted by Crippen LogP contribution is -2.47. The molecule has 0 saturated carbocycles. The lowest BCUT2D eigenvalue weighted by Gasteiger charge is -2.30. The minimum Gasteiger partial charge on any atom is -0.444 e. The number of rotatable bonds is 6. The van der Waals surface area contributed by atoms with Gasteiger partial charge in [0.25, 0.3) is 0 Å². The topological polar surface area (TPSA) is 96.4 Å². The van der Waals surface area contributed by atoms with Crippen molar-refractivity contribution in [1.82, 2.24) is 35.3 Å². The van der Waals surface area contributed by atoms with Crippen LogP contribution in [-0.2, 0) is 19.5 Å². The number of oxazole rings is 1. The van der Waals surface area contributed by atoms with Crippen LogP contribution in [0.3, 0.4) is 0 Å². The third-order valence-electron chi connectivity index (χ3n) is 6.30. The van der Waals surface area contributed by atoms with Gasteiger partial charge in [0.2, 0.25) is 5.89 Å². The second kappa shape index (κ2) is 11.4. The molecule has 0 amide bonds. The summed E-state index contributed by atoms with van der Waals surface area (Å²) in [4.78, 5) is 16.4. The van der Waals surface area contributed by atoms with Crippen molar-refractivity contribution >= 4 is 29.9 Å². The molecule has 32 heavy (non-hydrogen) atoms. The summed E-state index contributed by atoms with van der Waals surface area (Å²) >= 11 is 0. The van der Waals surface area contributed by atoms with Crippen molar-refractivity contribution in [1.29, 1.82) is 0 Å². The molecule has 10 heteroatoms. The van der Waals surface area contributed by atoms with Crippen LogP contribution in [0.25, 0.3) is 0 Å². The van der Waals surface area contributed by atoms with Crippen molar-refractivity contribution in [3.05, 3.63) is 29.0 Å². The summed E-state index contributed by atoms with van der Waals surface area (Å²) in [6.45, 7) is 13.6. The molecule has 4 rings (SSSR count). The fraction of sp³-hybridized carbons (Fsp3) is 0.727. The van der Waals surface area contributed by atoms with Crippen LogP contribution < -0.4 is 10.6 Å². The molecule has 0 spiro atoms. The van der Waals surface area contributed by atoms with Crippen LogP contribution in [0, 0.1) is 26.7 Å². The molecule has 1 unspecified atom stereocenters. The number of halogens is 1. The maximum atomic E-state index is 5.74. The first-order valence-electron chi connectivity index (χ1n) is 11.6. The Morgan fingerprint density at radius 1 is 1.16 bits per heavy atom. The smallest absolute Gasteiger partial charge is 0.208 e. The van der Waals surface area contributed by atoms with E-state index in [1.807, 2.05) is 25.5 Å². The van der Waals surface area contributed by atoms with Gasteiger partial charge in [-0.1, -0.05) is 0 Å². The molecule has 2 aromatic rings. The molecule has 1 atom stereocenters. The quantitative estimate of drug-likeness (QED) is 0.321. The maximum Gasteiger partial charge on any atom is 0.208 e. The minimum absolute atomic E-state index is 0. The van der Waals surface area contributed by atoms with Gasteiger partial charge < -0.3 is 15.1 Å². The van der Waals surface area contributed by atoms with Crippen LogP contribution in [0.15, 0.2) is 9.41 Å². The Morgan fingerprint density at radius 3 is 2.62 bits per heavy atom. The van der Waals surface area contributed by atoms with Crippen molar-refractivity contribution in [2.24, 2.45) is 10.9 Å². The third kappa shape index (κ3) is 6.43. The van der Waals surface area contributed by atoms with Crippen molar-refractivity contribution in [2.45, 2.75) is 72.5 Å². The number of aromatic nitrogens is 4. The summed E-state index contributed by atoms with van der Waals surface area (Å²) in [6.07, 6.45) is 4.33. The van der Waals surface area contributed by atoms with E-state index in [1.165, 1.54) is 0 Å². The second-order valence-electron chi connectivity index (χ2n) is 8.83. The van der Waals surface area contributed by atoms with Gasteiger partial charge in [-0.2, -0.15) is 5.10 Å². The van der Waals surface area contributed by atoms with E-state index < -0.39 is 0 Å². The normalized spacial score (nSPS) is 20.0. The number of fused-ring (bicyclic) bond motifs is 1. The van der Waals surface area contributed by atoms with E-state index >= 15 is 0 Å². The summed E-state index contributed by atoms with van der Waals surface area (Å²) in [6, 6.07) is 0.334. The molecule has 0 bridgehead atoms. The van der Waals surface area contributed by atoms with Gasteiger partial charge in [0.15, 0.2) is 5.96 Å². The molecule has 0 aromatic carbocycles. The number of likely N-dealkylation sites (tertiary alicyclic amines) is 1. The second-order valence-corrected chi connectivity index (χ2v) is 8.83. The molecule has 4 heterocycles. The Labute approximate surface area is 207 Å². The van der Waals surface area contributed by atoms with Crippen LogP contribution in [0.1, 0.15) is 55.2 Å². The lowest BCUT2D eigenvalue weighted by atomic mass is 9.97. The number of aryl methyl sites for hydroxylation is 4. The molecule has 2 N–H and O–H groups in total. The molecule has 1 saturated heterocycles. The first kappa shape index (κ1) is 24.9. The molecule has 178 valence electrons. The highest BCUT2D eigenvalue weighted by molar-refractivity contribution is 14.0. The van der Waals surface area contributed by atoms with E-state index in [1.54, 1.807) is 0 Å². The zero-order valence-corrected chi connectivity index (χ0v) is 22.1. The fourth-order valence-electron chi connectivity index (χ4n) is 4.41. The van der Waals surface area contributed by atoms with Crippen LogP contribution >= 0.6 is 24.0 Å². The van der Waals surface area contributed by atoms with Gasteiger partial charge in [-0.3, -0.25) is 9.89 Å².